The molecule has 3 nitrogen and oxygen atoms in total. The van der Waals surface area contributed by atoms with E-state index in [1.165, 1.54) is 0 Å². The fraction of sp³-hybridized carbons (Fsp3) is 0.900. The number of carbonyl (C=O) groups excluding carboxylic acids is 1. The molecule has 1 atom stereocenters. The largest absolute Gasteiger partial charge is 0.354 e. The molecule has 0 aromatic heterocycles. The van der Waals surface area contributed by atoms with Gasteiger partial charge >= 0.3 is 0 Å². The minimum atomic E-state index is -0.0746. The fourth-order valence-corrected chi connectivity index (χ4v) is 1.09. The van der Waals surface area contributed by atoms with Crippen LogP contribution < -0.4 is 5.32 Å². The Labute approximate surface area is 95.4 Å². The zero-order valence-electron chi connectivity index (χ0n) is 9.51. The Bertz CT molecular complexity index is 174. The summed E-state index contributed by atoms with van der Waals surface area (Å²) in [5.74, 6) is 0.420. The van der Waals surface area contributed by atoms with Crippen LogP contribution in [0.15, 0.2) is 0 Å². The first-order chi connectivity index (χ1) is 6.49. The van der Waals surface area contributed by atoms with Gasteiger partial charge in [0.05, 0.1) is 4.83 Å². The van der Waals surface area contributed by atoms with E-state index < -0.39 is 0 Å². The number of rotatable bonds is 6. The Balaban J connectivity index is 3.64. The molecule has 0 heterocycles. The molecule has 0 aliphatic rings. The lowest BCUT2D eigenvalue weighted by Gasteiger charge is -2.17. The van der Waals surface area contributed by atoms with Crippen LogP contribution in [-0.4, -0.2) is 42.3 Å². The smallest absolute Gasteiger partial charge is 0.234 e. The number of likely N-dealkylation sites (N-methyl/N-ethyl adjacent to an activating group) is 1. The molecule has 0 bridgehead atoms. The lowest BCUT2D eigenvalue weighted by Crippen LogP contribution is -2.38. The quantitative estimate of drug-likeness (QED) is 0.738. The molecule has 0 radical (unpaired) electrons. The Morgan fingerprint density at radius 2 is 2.07 bits per heavy atom. The van der Waals surface area contributed by atoms with Crippen LogP contribution in [0.2, 0.25) is 0 Å². The van der Waals surface area contributed by atoms with E-state index in [0.717, 1.165) is 19.6 Å². The molecule has 0 saturated heterocycles. The molecule has 0 aliphatic carbocycles. The molecule has 0 rings (SSSR count). The molecule has 14 heavy (non-hydrogen) atoms. The first-order valence-corrected chi connectivity index (χ1v) is 6.01. The molecule has 0 aliphatic heterocycles. The highest BCUT2D eigenvalue weighted by Gasteiger charge is 2.17. The summed E-state index contributed by atoms with van der Waals surface area (Å²) in [5, 5.41) is 2.90. The van der Waals surface area contributed by atoms with Crippen LogP contribution in [0.4, 0.5) is 0 Å². The van der Waals surface area contributed by atoms with E-state index in [2.05, 4.69) is 33.1 Å². The van der Waals surface area contributed by atoms with Crippen LogP contribution in [0.3, 0.4) is 0 Å². The third-order valence-electron chi connectivity index (χ3n) is 2.17. The van der Waals surface area contributed by atoms with E-state index in [9.17, 15) is 4.79 Å². The number of alkyl halides is 1. The average Bonchev–Trinajstić information content (AvgIpc) is 2.15. The van der Waals surface area contributed by atoms with E-state index in [1.54, 1.807) is 0 Å². The minimum Gasteiger partial charge on any atom is -0.354 e. The summed E-state index contributed by atoms with van der Waals surface area (Å²) in [6, 6.07) is 0. The van der Waals surface area contributed by atoms with Gasteiger partial charge in [-0.2, -0.15) is 0 Å². The summed E-state index contributed by atoms with van der Waals surface area (Å²) < 4.78 is 0. The van der Waals surface area contributed by atoms with E-state index >= 15 is 0 Å². The second-order valence-electron chi connectivity index (χ2n) is 3.83. The first kappa shape index (κ1) is 13.9. The molecule has 0 fully saturated rings. The molecule has 84 valence electrons. The van der Waals surface area contributed by atoms with Crippen LogP contribution in [0.5, 0.6) is 0 Å². The highest BCUT2D eigenvalue weighted by molar-refractivity contribution is 9.10. The maximum Gasteiger partial charge on any atom is 0.234 e. The second kappa shape index (κ2) is 7.23. The van der Waals surface area contributed by atoms with E-state index in [-0.39, 0.29) is 10.7 Å². The van der Waals surface area contributed by atoms with Gasteiger partial charge in [0.15, 0.2) is 0 Å². The maximum atomic E-state index is 11.5. The van der Waals surface area contributed by atoms with E-state index in [1.807, 2.05) is 20.9 Å². The standard InChI is InChI=1S/C10H21BrN2O/c1-5-13(4)7-6-12-10(14)9(11)8(2)3/h8-9H,5-7H2,1-4H3,(H,12,14). The molecule has 1 N–H and O–H groups in total. The van der Waals surface area contributed by atoms with Crippen molar-refractivity contribution in [3.63, 3.8) is 0 Å². The number of halogens is 1. The second-order valence-corrected chi connectivity index (χ2v) is 4.82. The number of nitrogens with zero attached hydrogens (tertiary/aromatic N) is 1. The van der Waals surface area contributed by atoms with Gasteiger partial charge < -0.3 is 10.2 Å². The number of carbonyl (C=O) groups is 1. The van der Waals surface area contributed by atoms with Gasteiger partial charge in [-0.15, -0.1) is 0 Å². The predicted octanol–water partition coefficient (Wildman–Crippen LogP) is 1.47. The summed E-state index contributed by atoms with van der Waals surface area (Å²) in [6.45, 7) is 8.79. The number of nitrogens with one attached hydrogen (secondary N) is 1. The maximum absolute atomic E-state index is 11.5. The van der Waals surface area contributed by atoms with Crippen LogP contribution in [0, 0.1) is 5.92 Å². The fourth-order valence-electron chi connectivity index (χ4n) is 0.928. The minimum absolute atomic E-state index is 0.0746. The zero-order valence-corrected chi connectivity index (χ0v) is 11.1. The number of hydrogen-bond donors (Lipinski definition) is 1. The molecule has 4 heteroatoms. The summed E-state index contributed by atoms with van der Waals surface area (Å²) in [6.07, 6.45) is 0. The Morgan fingerprint density at radius 3 is 2.50 bits per heavy atom. The van der Waals surface area contributed by atoms with Crippen molar-refractivity contribution in [2.45, 2.75) is 25.6 Å². The SMILES string of the molecule is CCN(C)CCNC(=O)C(Br)C(C)C. The van der Waals surface area contributed by atoms with Gasteiger partial charge in [0.2, 0.25) is 5.91 Å². The zero-order chi connectivity index (χ0) is 11.1. The van der Waals surface area contributed by atoms with Gasteiger partial charge in [0.1, 0.15) is 0 Å². The van der Waals surface area contributed by atoms with Crippen LogP contribution >= 0.6 is 15.9 Å². The molecule has 0 aromatic carbocycles. The average molecular weight is 265 g/mol. The van der Waals surface area contributed by atoms with Crippen molar-refractivity contribution < 1.29 is 4.79 Å². The van der Waals surface area contributed by atoms with Crippen molar-refractivity contribution in [3.05, 3.63) is 0 Å². The summed E-state index contributed by atoms with van der Waals surface area (Å²) in [4.78, 5) is 13.6. The van der Waals surface area contributed by atoms with Crippen molar-refractivity contribution in [1.29, 1.82) is 0 Å². The van der Waals surface area contributed by atoms with E-state index in [0.29, 0.717) is 5.92 Å². The Kier molecular flexibility index (Phi) is 7.19. The van der Waals surface area contributed by atoms with E-state index in [4.69, 9.17) is 0 Å². The molecule has 1 unspecified atom stereocenters. The summed E-state index contributed by atoms with van der Waals surface area (Å²) in [7, 11) is 2.04. The highest BCUT2D eigenvalue weighted by atomic mass is 79.9. The van der Waals surface area contributed by atoms with Crippen LogP contribution in [0.1, 0.15) is 20.8 Å². The highest BCUT2D eigenvalue weighted by Crippen LogP contribution is 2.11. The number of hydrogen-bond acceptors (Lipinski definition) is 2. The summed E-state index contributed by atoms with van der Waals surface area (Å²) >= 11 is 3.37. The van der Waals surface area contributed by atoms with Gasteiger partial charge in [-0.25, -0.2) is 0 Å². The summed E-state index contributed by atoms with van der Waals surface area (Å²) in [5.41, 5.74) is 0. The molecule has 0 saturated carbocycles. The van der Waals surface area contributed by atoms with Gasteiger partial charge in [-0.1, -0.05) is 36.7 Å². The predicted molar refractivity (Wildman–Crippen MR) is 63.7 cm³/mol. The lowest BCUT2D eigenvalue weighted by molar-refractivity contribution is -0.121. The normalized spacial score (nSPS) is 13.4. The Hall–Kier alpha value is -0.0900. The van der Waals surface area contributed by atoms with Crippen molar-refractivity contribution in [3.8, 4) is 0 Å². The topological polar surface area (TPSA) is 32.3 Å². The van der Waals surface area contributed by atoms with Crippen molar-refractivity contribution in [1.82, 2.24) is 10.2 Å². The monoisotopic (exact) mass is 264 g/mol. The molecule has 1 amide bonds. The van der Waals surface area contributed by atoms with Crippen LogP contribution in [0.25, 0.3) is 0 Å². The van der Waals surface area contributed by atoms with Crippen molar-refractivity contribution >= 4 is 21.8 Å². The van der Waals surface area contributed by atoms with Gasteiger partial charge in [0, 0.05) is 13.1 Å². The molecular formula is C10H21BrN2O. The van der Waals surface area contributed by atoms with Gasteiger partial charge in [0.25, 0.3) is 0 Å². The molecule has 0 aromatic rings. The molecule has 0 spiro atoms. The number of amides is 1. The third kappa shape index (κ3) is 5.60. The van der Waals surface area contributed by atoms with Crippen LogP contribution in [-0.2, 0) is 4.79 Å². The Morgan fingerprint density at radius 1 is 1.50 bits per heavy atom. The van der Waals surface area contributed by atoms with Crippen molar-refractivity contribution in [2.24, 2.45) is 5.92 Å². The third-order valence-corrected chi connectivity index (χ3v) is 3.64. The first-order valence-electron chi connectivity index (χ1n) is 5.09. The van der Waals surface area contributed by atoms with Gasteiger partial charge in [-0.3, -0.25) is 4.79 Å². The lowest BCUT2D eigenvalue weighted by atomic mass is 10.1. The van der Waals surface area contributed by atoms with Gasteiger partial charge in [-0.05, 0) is 19.5 Å². The molecular weight excluding hydrogens is 244 g/mol. The van der Waals surface area contributed by atoms with Crippen molar-refractivity contribution in [2.75, 3.05) is 26.7 Å².